The van der Waals surface area contributed by atoms with Crippen LogP contribution in [-0.2, 0) is 32.0 Å². The van der Waals surface area contributed by atoms with E-state index < -0.39 is 52.7 Å². The second-order valence-electron chi connectivity index (χ2n) is 15.4. The summed E-state index contributed by atoms with van der Waals surface area (Å²) in [5.41, 5.74) is 3.35. The third-order valence-corrected chi connectivity index (χ3v) is 11.6. The van der Waals surface area contributed by atoms with Crippen LogP contribution in [0.5, 0.6) is 11.5 Å². The summed E-state index contributed by atoms with van der Waals surface area (Å²) in [5.74, 6) is -2.55. The fourth-order valence-electron chi connectivity index (χ4n) is 6.74. The smallest absolute Gasteiger partial charge is 0.258 e. The number of benzene rings is 5. The van der Waals surface area contributed by atoms with Gasteiger partial charge >= 0.3 is 0 Å². The molecule has 0 saturated carbocycles. The number of nitrogens with one attached hydrogen (secondary N) is 4. The standard InChI is InChI=1S/C50H49Cl5N8O8/c1-6-70-41-18-14-30(20-22-51)24-39(41)58-47(66)33-10-8-12-37(43(33)54)60-62-45(28(4)64)49(68)56-32-16-17-36(35(26-32)27(3)53)57-50(69)46(29(5)65)63-61-38-13-9-11-34(44(38)55)48(67)59-40-25-31(21-23-52)15-19-42(40)71-7-2/h8-19,24-27,45-46H,6-7,20-23H2,1-5H3,(H,56,68)(H,57,69)(H,58,66)(H,59,67). The van der Waals surface area contributed by atoms with Crippen LogP contribution in [0.3, 0.4) is 0 Å². The Morgan fingerprint density at radius 3 is 1.44 bits per heavy atom. The van der Waals surface area contributed by atoms with E-state index in [1.165, 1.54) is 54.6 Å². The summed E-state index contributed by atoms with van der Waals surface area (Å²) >= 11 is 31.7. The van der Waals surface area contributed by atoms with Crippen LogP contribution in [0.15, 0.2) is 111 Å². The van der Waals surface area contributed by atoms with Crippen molar-refractivity contribution in [3.05, 3.63) is 129 Å². The SMILES string of the molecule is CCOc1ccc(CCCl)cc1NC(=O)c1cccc(N=NC(C(C)=O)C(=O)Nc2ccc(NC(=O)C(N=Nc3cccc(C(=O)Nc4cc(CCCl)ccc4OCC)c3Cl)C(C)=O)c(C(C)Cl)c2)c1Cl. The van der Waals surface area contributed by atoms with E-state index in [1.54, 1.807) is 31.2 Å². The van der Waals surface area contributed by atoms with E-state index in [0.717, 1.165) is 25.0 Å². The van der Waals surface area contributed by atoms with E-state index in [-0.39, 0.29) is 43.9 Å². The highest BCUT2D eigenvalue weighted by atomic mass is 35.5. The molecule has 0 aliphatic heterocycles. The monoisotopic (exact) mass is 1060 g/mol. The number of anilines is 4. The van der Waals surface area contributed by atoms with E-state index in [9.17, 15) is 28.8 Å². The summed E-state index contributed by atoms with van der Waals surface area (Å²) in [6, 6.07) is 20.6. The van der Waals surface area contributed by atoms with Gasteiger partial charge in [-0.25, -0.2) is 0 Å². The van der Waals surface area contributed by atoms with Gasteiger partial charge in [-0.1, -0.05) is 47.5 Å². The molecular weight excluding hydrogens is 1020 g/mol. The van der Waals surface area contributed by atoms with Crippen molar-refractivity contribution in [1.82, 2.24) is 0 Å². The van der Waals surface area contributed by atoms with Gasteiger partial charge in [0.1, 0.15) is 22.9 Å². The molecule has 5 rings (SSSR count). The summed E-state index contributed by atoms with van der Waals surface area (Å²) in [7, 11) is 0. The molecule has 3 unspecified atom stereocenters. The number of carbonyl (C=O) groups excluding carboxylic acids is 6. The summed E-state index contributed by atoms with van der Waals surface area (Å²) in [4.78, 5) is 79.6. The number of ether oxygens (including phenoxy) is 2. The van der Waals surface area contributed by atoms with Crippen molar-refractivity contribution in [3.63, 3.8) is 0 Å². The molecule has 0 saturated heterocycles. The van der Waals surface area contributed by atoms with Crippen molar-refractivity contribution < 1.29 is 38.2 Å². The maximum Gasteiger partial charge on any atom is 0.258 e. The van der Waals surface area contributed by atoms with Crippen LogP contribution in [0.2, 0.25) is 10.0 Å². The van der Waals surface area contributed by atoms with Crippen molar-refractivity contribution in [2.45, 2.75) is 64.9 Å². The summed E-state index contributed by atoms with van der Waals surface area (Å²) in [6.45, 7) is 8.27. The van der Waals surface area contributed by atoms with Crippen molar-refractivity contribution in [1.29, 1.82) is 0 Å². The fraction of sp³-hybridized carbons (Fsp3) is 0.280. The van der Waals surface area contributed by atoms with E-state index in [0.29, 0.717) is 66.3 Å². The molecule has 372 valence electrons. The second kappa shape index (κ2) is 26.7. The number of hydrogen-bond donors (Lipinski definition) is 4. The number of halogens is 5. The Morgan fingerprint density at radius 2 is 1.03 bits per heavy atom. The molecule has 0 aromatic heterocycles. The van der Waals surface area contributed by atoms with Crippen LogP contribution in [0.25, 0.3) is 0 Å². The number of hydrogen-bond acceptors (Lipinski definition) is 12. The normalized spacial score (nSPS) is 12.5. The molecule has 4 N–H and O–H groups in total. The lowest BCUT2D eigenvalue weighted by molar-refractivity contribution is -0.127. The average molecular weight is 1070 g/mol. The van der Waals surface area contributed by atoms with E-state index in [4.69, 9.17) is 67.5 Å². The Balaban J connectivity index is 1.29. The van der Waals surface area contributed by atoms with Crippen molar-refractivity contribution in [2.75, 3.05) is 46.2 Å². The van der Waals surface area contributed by atoms with Crippen LogP contribution in [-0.4, -0.2) is 72.3 Å². The number of Topliss-reactive ketones (excluding diaryl/α,β-unsaturated/α-hetero) is 2. The third-order valence-electron chi connectivity index (χ3n) is 10.2. The van der Waals surface area contributed by atoms with Crippen LogP contribution < -0.4 is 30.7 Å². The van der Waals surface area contributed by atoms with E-state index in [1.807, 2.05) is 26.0 Å². The Bertz CT molecular complexity index is 2860. The zero-order valence-corrected chi connectivity index (χ0v) is 42.9. The van der Waals surface area contributed by atoms with Gasteiger partial charge in [0.25, 0.3) is 23.6 Å². The number of aryl methyl sites for hydroxylation is 2. The summed E-state index contributed by atoms with van der Waals surface area (Å²) in [5, 5.41) is 26.1. The third kappa shape index (κ3) is 15.0. The van der Waals surface area contributed by atoms with E-state index >= 15 is 0 Å². The molecular formula is C50H49Cl5N8O8. The van der Waals surface area contributed by atoms with Crippen molar-refractivity contribution in [2.24, 2.45) is 20.5 Å². The van der Waals surface area contributed by atoms with Crippen LogP contribution in [0, 0.1) is 0 Å². The van der Waals surface area contributed by atoms with Crippen LogP contribution >= 0.6 is 58.0 Å². The zero-order valence-electron chi connectivity index (χ0n) is 39.1. The minimum absolute atomic E-state index is 0.00909. The lowest BCUT2D eigenvalue weighted by Gasteiger charge is -2.17. The number of amides is 4. The molecule has 0 aliphatic carbocycles. The van der Waals surface area contributed by atoms with E-state index in [2.05, 4.69) is 41.7 Å². The number of carbonyl (C=O) groups is 6. The summed E-state index contributed by atoms with van der Waals surface area (Å²) in [6.07, 6.45) is 1.13. The van der Waals surface area contributed by atoms with Gasteiger partial charge in [-0.05, 0) is 131 Å². The molecule has 16 nitrogen and oxygen atoms in total. The van der Waals surface area contributed by atoms with Crippen molar-refractivity contribution >= 4 is 127 Å². The number of rotatable bonds is 23. The molecule has 0 spiro atoms. The van der Waals surface area contributed by atoms with Gasteiger partial charge in [-0.15, -0.1) is 34.8 Å². The maximum atomic E-state index is 13.6. The average Bonchev–Trinajstić information content (AvgIpc) is 3.32. The molecule has 71 heavy (non-hydrogen) atoms. The maximum absolute atomic E-state index is 13.6. The first-order chi connectivity index (χ1) is 34.0. The molecule has 5 aromatic rings. The highest BCUT2D eigenvalue weighted by Gasteiger charge is 2.27. The Morgan fingerprint density at radius 1 is 0.577 bits per heavy atom. The minimum Gasteiger partial charge on any atom is -0.492 e. The predicted octanol–water partition coefficient (Wildman–Crippen LogP) is 12.5. The van der Waals surface area contributed by atoms with Gasteiger partial charge in [0.2, 0.25) is 12.1 Å². The molecule has 4 amide bonds. The molecule has 21 heteroatoms. The molecule has 0 aliphatic rings. The van der Waals surface area contributed by atoms with Crippen molar-refractivity contribution in [3.8, 4) is 11.5 Å². The van der Waals surface area contributed by atoms with Crippen LogP contribution in [0.1, 0.15) is 77.4 Å². The molecule has 0 fully saturated rings. The lowest BCUT2D eigenvalue weighted by atomic mass is 10.1. The number of nitrogens with zero attached hydrogens (tertiary/aromatic N) is 4. The molecule has 3 atom stereocenters. The second-order valence-corrected chi connectivity index (χ2v) is 17.6. The van der Waals surface area contributed by atoms with Gasteiger partial charge in [0.05, 0.1) is 51.1 Å². The van der Waals surface area contributed by atoms with Gasteiger partial charge < -0.3 is 30.7 Å². The first kappa shape index (κ1) is 55.5. The minimum atomic E-state index is -1.66. The Labute approximate surface area is 435 Å². The number of alkyl halides is 3. The molecule has 0 bridgehead atoms. The Hall–Kier alpha value is -6.43. The first-order valence-electron chi connectivity index (χ1n) is 22.0. The highest BCUT2D eigenvalue weighted by molar-refractivity contribution is 6.37. The largest absolute Gasteiger partial charge is 0.492 e. The van der Waals surface area contributed by atoms with Crippen LogP contribution in [0.4, 0.5) is 34.1 Å². The van der Waals surface area contributed by atoms with Gasteiger partial charge in [-0.3, -0.25) is 28.8 Å². The zero-order chi connectivity index (χ0) is 51.8. The molecule has 0 heterocycles. The molecule has 5 aromatic carbocycles. The topological polar surface area (TPSA) is 218 Å². The van der Waals surface area contributed by atoms with Gasteiger partial charge in [-0.2, -0.15) is 20.5 Å². The Kier molecular flexibility index (Phi) is 20.9. The summed E-state index contributed by atoms with van der Waals surface area (Å²) < 4.78 is 11.4. The van der Waals surface area contributed by atoms with Gasteiger partial charge in [0, 0.05) is 23.1 Å². The fourth-order valence-corrected chi connectivity index (χ4v) is 7.85. The molecule has 0 radical (unpaired) electrons. The number of ketones is 2. The lowest BCUT2D eigenvalue weighted by Crippen LogP contribution is -2.32. The quantitative estimate of drug-likeness (QED) is 0.0279. The first-order valence-corrected chi connectivity index (χ1v) is 24.3. The van der Waals surface area contributed by atoms with Gasteiger partial charge in [0.15, 0.2) is 11.6 Å². The number of azo groups is 2. The highest BCUT2D eigenvalue weighted by Crippen LogP contribution is 2.35. The predicted molar refractivity (Wildman–Crippen MR) is 279 cm³/mol.